The average molecular weight is 539 g/mol. The van der Waals surface area contributed by atoms with E-state index in [-0.39, 0.29) is 30.4 Å². The van der Waals surface area contributed by atoms with Gasteiger partial charge in [0.2, 0.25) is 5.91 Å². The van der Waals surface area contributed by atoms with E-state index in [1.54, 1.807) is 0 Å². The van der Waals surface area contributed by atoms with Crippen molar-refractivity contribution < 1.29 is 29.0 Å². The number of benzene rings is 3. The molecule has 1 aliphatic rings. The summed E-state index contributed by atoms with van der Waals surface area (Å²) in [5, 5.41) is 14.4. The molecule has 180 valence electrons. The van der Waals surface area contributed by atoms with Crippen molar-refractivity contribution in [2.75, 3.05) is 25.6 Å². The van der Waals surface area contributed by atoms with Gasteiger partial charge in [-0.25, -0.2) is 9.59 Å². The van der Waals surface area contributed by atoms with E-state index >= 15 is 0 Å². The molecule has 3 aromatic rings. The third kappa shape index (κ3) is 5.36. The van der Waals surface area contributed by atoms with Crippen LogP contribution in [0.15, 0.2) is 71.2 Å². The molecule has 8 nitrogen and oxygen atoms in total. The van der Waals surface area contributed by atoms with E-state index < -0.39 is 24.0 Å². The Bertz CT molecular complexity index is 1230. The Morgan fingerprint density at radius 3 is 2.23 bits per heavy atom. The van der Waals surface area contributed by atoms with Crippen LogP contribution in [0.3, 0.4) is 0 Å². The predicted molar refractivity (Wildman–Crippen MR) is 134 cm³/mol. The summed E-state index contributed by atoms with van der Waals surface area (Å²) in [6.07, 6.45) is -0.762. The van der Waals surface area contributed by atoms with Crippen LogP contribution >= 0.6 is 15.9 Å². The summed E-state index contributed by atoms with van der Waals surface area (Å²) in [5.41, 5.74) is 4.65. The SMILES string of the molecule is COCC(NC(=O)OCC1c2ccccc2-c2ccccc21)C(=O)Nc1cc(C(=O)O)ccc1Br. The van der Waals surface area contributed by atoms with Crippen LogP contribution in [0.5, 0.6) is 0 Å². The van der Waals surface area contributed by atoms with Crippen molar-refractivity contribution >= 4 is 39.6 Å². The summed E-state index contributed by atoms with van der Waals surface area (Å²) in [5.74, 6) is -1.82. The van der Waals surface area contributed by atoms with Crippen molar-refractivity contribution in [1.82, 2.24) is 5.32 Å². The van der Waals surface area contributed by atoms with Gasteiger partial charge < -0.3 is 25.2 Å². The molecular formula is C26H23BrN2O6. The Morgan fingerprint density at radius 1 is 1.00 bits per heavy atom. The third-order valence-electron chi connectivity index (χ3n) is 5.76. The Labute approximate surface area is 210 Å². The third-order valence-corrected chi connectivity index (χ3v) is 6.45. The number of carboxylic acid groups (broad SMARTS) is 1. The van der Waals surface area contributed by atoms with Gasteiger partial charge in [0.05, 0.1) is 17.9 Å². The van der Waals surface area contributed by atoms with Gasteiger partial charge in [-0.1, -0.05) is 48.5 Å². The van der Waals surface area contributed by atoms with Crippen molar-refractivity contribution in [2.45, 2.75) is 12.0 Å². The van der Waals surface area contributed by atoms with Crippen molar-refractivity contribution in [2.24, 2.45) is 0 Å². The summed E-state index contributed by atoms with van der Waals surface area (Å²) in [4.78, 5) is 36.7. The van der Waals surface area contributed by atoms with Crippen molar-refractivity contribution in [1.29, 1.82) is 0 Å². The number of ether oxygens (including phenoxy) is 2. The lowest BCUT2D eigenvalue weighted by atomic mass is 9.98. The number of rotatable bonds is 8. The number of aromatic carboxylic acids is 1. The number of carbonyl (C=O) groups excluding carboxylic acids is 2. The minimum atomic E-state index is -1.13. The Kier molecular flexibility index (Phi) is 7.48. The Hall–Kier alpha value is -3.69. The molecule has 35 heavy (non-hydrogen) atoms. The van der Waals surface area contributed by atoms with Crippen molar-refractivity contribution in [3.8, 4) is 11.1 Å². The minimum absolute atomic E-state index is 0.0105. The lowest BCUT2D eigenvalue weighted by Gasteiger charge is -2.19. The first-order valence-corrected chi connectivity index (χ1v) is 11.6. The molecule has 0 saturated carbocycles. The van der Waals surface area contributed by atoms with E-state index in [0.717, 1.165) is 22.3 Å². The van der Waals surface area contributed by atoms with Crippen LogP contribution in [0.1, 0.15) is 27.4 Å². The number of anilines is 1. The van der Waals surface area contributed by atoms with E-state index in [2.05, 4.69) is 26.6 Å². The van der Waals surface area contributed by atoms with E-state index in [4.69, 9.17) is 9.47 Å². The van der Waals surface area contributed by atoms with Gasteiger partial charge in [0.1, 0.15) is 12.6 Å². The largest absolute Gasteiger partial charge is 0.478 e. The van der Waals surface area contributed by atoms with Crippen LogP contribution in [-0.2, 0) is 14.3 Å². The van der Waals surface area contributed by atoms with E-state index in [0.29, 0.717) is 4.47 Å². The maximum absolute atomic E-state index is 12.8. The Balaban J connectivity index is 1.42. The van der Waals surface area contributed by atoms with Gasteiger partial charge in [0.15, 0.2) is 0 Å². The van der Waals surface area contributed by atoms with Gasteiger partial charge in [-0.3, -0.25) is 4.79 Å². The number of halogens is 1. The average Bonchev–Trinajstić information content (AvgIpc) is 3.17. The zero-order valence-electron chi connectivity index (χ0n) is 18.8. The molecule has 0 fully saturated rings. The van der Waals surface area contributed by atoms with Crippen LogP contribution in [-0.4, -0.2) is 49.4 Å². The molecule has 1 atom stereocenters. The highest BCUT2D eigenvalue weighted by Crippen LogP contribution is 2.44. The maximum atomic E-state index is 12.8. The van der Waals surface area contributed by atoms with Crippen LogP contribution < -0.4 is 10.6 Å². The molecule has 9 heteroatoms. The summed E-state index contributed by atoms with van der Waals surface area (Å²) in [6.45, 7) is -0.000342. The number of hydrogen-bond donors (Lipinski definition) is 3. The van der Waals surface area contributed by atoms with Gasteiger partial charge in [-0.2, -0.15) is 0 Å². The molecule has 0 spiro atoms. The number of nitrogens with one attached hydrogen (secondary N) is 2. The van der Waals surface area contributed by atoms with Gasteiger partial charge in [-0.15, -0.1) is 0 Å². The quantitative estimate of drug-likeness (QED) is 0.385. The van der Waals surface area contributed by atoms with Gasteiger partial charge in [-0.05, 0) is 56.4 Å². The first kappa shape index (κ1) is 24.4. The number of fused-ring (bicyclic) bond motifs is 3. The molecule has 0 aliphatic heterocycles. The highest BCUT2D eigenvalue weighted by atomic mass is 79.9. The van der Waals surface area contributed by atoms with Crippen LogP contribution in [0.2, 0.25) is 0 Å². The number of methoxy groups -OCH3 is 1. The molecule has 3 N–H and O–H groups in total. The first-order chi connectivity index (χ1) is 16.9. The number of alkyl carbamates (subject to hydrolysis) is 1. The number of amides is 2. The van der Waals surface area contributed by atoms with E-state index in [1.165, 1.54) is 25.3 Å². The summed E-state index contributed by atoms with van der Waals surface area (Å²) < 4.78 is 11.1. The zero-order chi connectivity index (χ0) is 24.9. The summed E-state index contributed by atoms with van der Waals surface area (Å²) in [6, 6.07) is 19.2. The molecular weight excluding hydrogens is 516 g/mol. The molecule has 0 radical (unpaired) electrons. The lowest BCUT2D eigenvalue weighted by Crippen LogP contribution is -2.47. The molecule has 2 amide bonds. The monoisotopic (exact) mass is 538 g/mol. The van der Waals surface area contributed by atoms with Gasteiger partial charge >= 0.3 is 12.1 Å². The standard InChI is InChI=1S/C26H23BrN2O6/c1-34-14-23(24(30)28-22-12-15(25(31)32)10-11-21(22)27)29-26(33)35-13-20-18-8-4-2-6-16(18)17-7-3-5-9-19(17)20/h2-12,20,23H,13-14H2,1H3,(H,28,30)(H,29,33)(H,31,32). The van der Waals surface area contributed by atoms with E-state index in [9.17, 15) is 19.5 Å². The summed E-state index contributed by atoms with van der Waals surface area (Å²) in [7, 11) is 1.40. The zero-order valence-corrected chi connectivity index (χ0v) is 20.4. The second-order valence-corrected chi connectivity index (χ2v) is 8.82. The number of hydrogen-bond acceptors (Lipinski definition) is 5. The molecule has 1 unspecified atom stereocenters. The second-order valence-electron chi connectivity index (χ2n) is 7.97. The van der Waals surface area contributed by atoms with Gasteiger partial charge in [0.25, 0.3) is 0 Å². The first-order valence-electron chi connectivity index (χ1n) is 10.8. The van der Waals surface area contributed by atoms with Crippen LogP contribution in [0.4, 0.5) is 10.5 Å². The molecule has 1 aliphatic carbocycles. The van der Waals surface area contributed by atoms with Crippen LogP contribution in [0.25, 0.3) is 11.1 Å². The van der Waals surface area contributed by atoms with Gasteiger partial charge in [0, 0.05) is 17.5 Å². The topological polar surface area (TPSA) is 114 Å². The fraction of sp³-hybridized carbons (Fsp3) is 0.192. The fourth-order valence-electron chi connectivity index (χ4n) is 4.11. The smallest absolute Gasteiger partial charge is 0.407 e. The minimum Gasteiger partial charge on any atom is -0.478 e. The van der Waals surface area contributed by atoms with Crippen molar-refractivity contribution in [3.05, 3.63) is 87.9 Å². The number of carboxylic acids is 1. The van der Waals surface area contributed by atoms with Crippen LogP contribution in [0, 0.1) is 0 Å². The fourth-order valence-corrected chi connectivity index (χ4v) is 4.45. The maximum Gasteiger partial charge on any atom is 0.407 e. The molecule has 0 heterocycles. The molecule has 0 bridgehead atoms. The second kappa shape index (κ2) is 10.7. The molecule has 0 aromatic heterocycles. The highest BCUT2D eigenvalue weighted by molar-refractivity contribution is 9.10. The summed E-state index contributed by atoms with van der Waals surface area (Å²) >= 11 is 3.29. The van der Waals surface area contributed by atoms with Crippen molar-refractivity contribution in [3.63, 3.8) is 0 Å². The normalized spacial score (nSPS) is 12.9. The van der Waals surface area contributed by atoms with E-state index in [1.807, 2.05) is 48.5 Å². The predicted octanol–water partition coefficient (Wildman–Crippen LogP) is 4.64. The molecule has 3 aromatic carbocycles. The lowest BCUT2D eigenvalue weighted by molar-refractivity contribution is -0.119. The highest BCUT2D eigenvalue weighted by Gasteiger charge is 2.30. The molecule has 4 rings (SSSR count). The Morgan fingerprint density at radius 2 is 1.63 bits per heavy atom. The molecule has 0 saturated heterocycles. The number of carbonyl (C=O) groups is 3.